The van der Waals surface area contributed by atoms with Crippen LogP contribution < -0.4 is 5.32 Å². The van der Waals surface area contributed by atoms with Gasteiger partial charge in [0.05, 0.1) is 0 Å². The number of nitrogens with zero attached hydrogens (tertiary/aromatic N) is 1. The van der Waals surface area contributed by atoms with Crippen LogP contribution in [-0.2, 0) is 4.79 Å². The monoisotopic (exact) mass is 280 g/mol. The summed E-state index contributed by atoms with van der Waals surface area (Å²) >= 11 is 0. The summed E-state index contributed by atoms with van der Waals surface area (Å²) in [5, 5.41) is 3.46. The molecule has 116 valence electrons. The van der Waals surface area contributed by atoms with Gasteiger partial charge in [-0.1, -0.05) is 38.5 Å². The van der Waals surface area contributed by atoms with Crippen LogP contribution in [0.15, 0.2) is 0 Å². The van der Waals surface area contributed by atoms with E-state index in [9.17, 15) is 4.79 Å². The molecule has 2 fully saturated rings. The zero-order valence-electron chi connectivity index (χ0n) is 13.4. The maximum absolute atomic E-state index is 12.5. The Bertz CT molecular complexity index is 304. The van der Waals surface area contributed by atoms with Crippen molar-refractivity contribution in [1.82, 2.24) is 10.2 Å². The Morgan fingerprint density at radius 2 is 1.70 bits per heavy atom. The van der Waals surface area contributed by atoms with Gasteiger partial charge < -0.3 is 10.2 Å². The number of amides is 1. The summed E-state index contributed by atoms with van der Waals surface area (Å²) in [4.78, 5) is 14.5. The fraction of sp³-hybridized carbons (Fsp3) is 0.941. The summed E-state index contributed by atoms with van der Waals surface area (Å²) in [5.41, 5.74) is 0.0795. The molecule has 0 aromatic heterocycles. The highest BCUT2D eigenvalue weighted by molar-refractivity contribution is 5.77. The molecule has 3 nitrogen and oxygen atoms in total. The van der Waals surface area contributed by atoms with Crippen LogP contribution in [0.4, 0.5) is 0 Å². The van der Waals surface area contributed by atoms with Crippen molar-refractivity contribution < 1.29 is 4.79 Å². The second-order valence-electron chi connectivity index (χ2n) is 7.05. The van der Waals surface area contributed by atoms with E-state index in [1.807, 2.05) is 19.0 Å². The molecular weight excluding hydrogens is 248 g/mol. The molecule has 0 spiro atoms. The van der Waals surface area contributed by atoms with Crippen molar-refractivity contribution in [2.75, 3.05) is 20.6 Å². The van der Waals surface area contributed by atoms with Crippen molar-refractivity contribution in [3.05, 3.63) is 0 Å². The van der Waals surface area contributed by atoms with Gasteiger partial charge >= 0.3 is 0 Å². The van der Waals surface area contributed by atoms with E-state index >= 15 is 0 Å². The number of hydrogen-bond acceptors (Lipinski definition) is 2. The molecule has 2 saturated carbocycles. The predicted octanol–water partition coefficient (Wildman–Crippen LogP) is 3.34. The van der Waals surface area contributed by atoms with Crippen LogP contribution in [0, 0.1) is 5.92 Å². The van der Waals surface area contributed by atoms with Crippen LogP contribution in [0.2, 0.25) is 0 Å². The van der Waals surface area contributed by atoms with E-state index in [1.165, 1.54) is 51.4 Å². The van der Waals surface area contributed by atoms with Crippen molar-refractivity contribution >= 4 is 5.91 Å². The molecule has 1 amide bonds. The van der Waals surface area contributed by atoms with Crippen molar-refractivity contribution in [3.63, 3.8) is 0 Å². The number of rotatable bonds is 5. The fourth-order valence-corrected chi connectivity index (χ4v) is 4.03. The van der Waals surface area contributed by atoms with E-state index < -0.39 is 0 Å². The lowest BCUT2D eigenvalue weighted by Gasteiger charge is -2.38. The van der Waals surface area contributed by atoms with Gasteiger partial charge in [0, 0.05) is 25.6 Å². The van der Waals surface area contributed by atoms with Gasteiger partial charge in [0.15, 0.2) is 0 Å². The molecule has 0 saturated heterocycles. The lowest BCUT2D eigenvalue weighted by atomic mass is 9.79. The Morgan fingerprint density at radius 1 is 1.10 bits per heavy atom. The molecule has 0 aliphatic heterocycles. The molecule has 3 heteroatoms. The summed E-state index contributed by atoms with van der Waals surface area (Å²) in [6.45, 7) is 0.971. The van der Waals surface area contributed by atoms with Crippen molar-refractivity contribution in [2.45, 2.75) is 76.2 Å². The highest BCUT2D eigenvalue weighted by Gasteiger charge is 2.33. The summed E-state index contributed by atoms with van der Waals surface area (Å²) in [5.74, 6) is 1.08. The summed E-state index contributed by atoms with van der Waals surface area (Å²) in [6, 6.07) is 0. The number of carbonyl (C=O) groups is 1. The first kappa shape index (κ1) is 15.8. The lowest BCUT2D eigenvalue weighted by molar-refractivity contribution is -0.132. The quantitative estimate of drug-likeness (QED) is 0.837. The summed E-state index contributed by atoms with van der Waals surface area (Å²) in [6.07, 6.45) is 13.6. The molecule has 20 heavy (non-hydrogen) atoms. The van der Waals surface area contributed by atoms with E-state index in [4.69, 9.17) is 0 Å². The highest BCUT2D eigenvalue weighted by Crippen LogP contribution is 2.31. The first-order valence-corrected chi connectivity index (χ1v) is 8.58. The molecule has 0 unspecified atom stereocenters. The standard InChI is InChI=1S/C17H32N2O/c1-18-17(11-7-4-8-12-17)13-16(20)19(2)14-15-9-5-3-6-10-15/h15,18H,3-14H2,1-2H3. The fourth-order valence-electron chi connectivity index (χ4n) is 4.03. The molecule has 2 aliphatic carbocycles. The van der Waals surface area contributed by atoms with Crippen LogP contribution in [-0.4, -0.2) is 37.0 Å². The summed E-state index contributed by atoms with van der Waals surface area (Å²) < 4.78 is 0. The van der Waals surface area contributed by atoms with Crippen molar-refractivity contribution in [2.24, 2.45) is 5.92 Å². The Balaban J connectivity index is 1.82. The van der Waals surface area contributed by atoms with Gasteiger partial charge in [-0.3, -0.25) is 4.79 Å². The molecular formula is C17H32N2O. The first-order valence-electron chi connectivity index (χ1n) is 8.58. The Hall–Kier alpha value is -0.570. The molecule has 2 aliphatic rings. The summed E-state index contributed by atoms with van der Waals surface area (Å²) in [7, 11) is 4.03. The Kier molecular flexibility index (Phi) is 5.88. The minimum atomic E-state index is 0.0795. The zero-order chi connectivity index (χ0) is 14.4. The van der Waals surface area contributed by atoms with E-state index in [-0.39, 0.29) is 5.54 Å². The molecule has 2 rings (SSSR count). The Morgan fingerprint density at radius 3 is 2.30 bits per heavy atom. The van der Waals surface area contributed by atoms with E-state index in [2.05, 4.69) is 5.32 Å². The third kappa shape index (κ3) is 4.21. The molecule has 0 aromatic carbocycles. The normalized spacial score (nSPS) is 23.5. The average Bonchev–Trinajstić information content (AvgIpc) is 2.49. The third-order valence-electron chi connectivity index (χ3n) is 5.51. The number of nitrogens with one attached hydrogen (secondary N) is 1. The van der Waals surface area contributed by atoms with Crippen molar-refractivity contribution in [1.29, 1.82) is 0 Å². The number of carbonyl (C=O) groups excluding carboxylic acids is 1. The lowest BCUT2D eigenvalue weighted by Crippen LogP contribution is -2.49. The van der Waals surface area contributed by atoms with E-state index in [1.54, 1.807) is 0 Å². The largest absolute Gasteiger partial charge is 0.345 e. The van der Waals surface area contributed by atoms with Crippen molar-refractivity contribution in [3.8, 4) is 0 Å². The maximum atomic E-state index is 12.5. The predicted molar refractivity (Wildman–Crippen MR) is 83.7 cm³/mol. The first-order chi connectivity index (χ1) is 9.65. The minimum Gasteiger partial charge on any atom is -0.345 e. The van der Waals surface area contributed by atoms with Crippen LogP contribution in [0.3, 0.4) is 0 Å². The van der Waals surface area contributed by atoms with Crippen LogP contribution in [0.1, 0.15) is 70.6 Å². The second kappa shape index (κ2) is 7.44. The van der Waals surface area contributed by atoms with Gasteiger partial charge in [0.2, 0.25) is 5.91 Å². The van der Waals surface area contributed by atoms with Gasteiger partial charge in [-0.2, -0.15) is 0 Å². The molecule has 0 heterocycles. The molecule has 0 atom stereocenters. The van der Waals surface area contributed by atoms with E-state index in [0.717, 1.165) is 25.3 Å². The van der Waals surface area contributed by atoms with Crippen LogP contribution >= 0.6 is 0 Å². The van der Waals surface area contributed by atoms with Crippen LogP contribution in [0.25, 0.3) is 0 Å². The van der Waals surface area contributed by atoms with E-state index in [0.29, 0.717) is 12.3 Å². The average molecular weight is 280 g/mol. The van der Waals surface area contributed by atoms with Gasteiger partial charge in [0.25, 0.3) is 0 Å². The molecule has 0 aromatic rings. The van der Waals surface area contributed by atoms with Crippen LogP contribution in [0.5, 0.6) is 0 Å². The Labute approximate surface area is 124 Å². The van der Waals surface area contributed by atoms with Gasteiger partial charge in [-0.15, -0.1) is 0 Å². The zero-order valence-corrected chi connectivity index (χ0v) is 13.4. The second-order valence-corrected chi connectivity index (χ2v) is 7.05. The van der Waals surface area contributed by atoms with Gasteiger partial charge in [0.1, 0.15) is 0 Å². The highest BCUT2D eigenvalue weighted by atomic mass is 16.2. The smallest absolute Gasteiger partial charge is 0.224 e. The molecule has 0 radical (unpaired) electrons. The molecule has 1 N–H and O–H groups in total. The maximum Gasteiger partial charge on any atom is 0.224 e. The number of hydrogen-bond donors (Lipinski definition) is 1. The third-order valence-corrected chi connectivity index (χ3v) is 5.51. The SMILES string of the molecule is CNC1(CC(=O)N(C)CC2CCCCC2)CCCCC1. The van der Waals surface area contributed by atoms with Gasteiger partial charge in [-0.05, 0) is 38.6 Å². The molecule has 0 bridgehead atoms. The van der Waals surface area contributed by atoms with Gasteiger partial charge in [-0.25, -0.2) is 0 Å². The minimum absolute atomic E-state index is 0.0795. The topological polar surface area (TPSA) is 32.3 Å².